The molecule has 0 aliphatic carbocycles. The first-order valence-corrected chi connectivity index (χ1v) is 14.3. The molecule has 0 spiro atoms. The van der Waals surface area contributed by atoms with E-state index in [1.807, 2.05) is 79.7 Å². The number of ether oxygens (including phenoxy) is 2. The first-order chi connectivity index (χ1) is 21.5. The van der Waals surface area contributed by atoms with Crippen LogP contribution in [0.3, 0.4) is 0 Å². The van der Waals surface area contributed by atoms with Crippen LogP contribution in [0.2, 0.25) is 0 Å². The van der Waals surface area contributed by atoms with Crippen molar-refractivity contribution in [1.82, 2.24) is 9.88 Å². The van der Waals surface area contributed by atoms with Crippen molar-refractivity contribution in [3.63, 3.8) is 0 Å². The van der Waals surface area contributed by atoms with Crippen molar-refractivity contribution in [2.75, 3.05) is 0 Å². The minimum Gasteiger partial charge on any atom is -0.507 e. The lowest BCUT2D eigenvalue weighted by atomic mass is 9.94. The van der Waals surface area contributed by atoms with Gasteiger partial charge in [-0.3, -0.25) is 14.6 Å². The van der Waals surface area contributed by atoms with Crippen molar-refractivity contribution in [2.24, 2.45) is 0 Å². The molecular weight excluding hydrogens is 552 g/mol. The molecule has 1 unspecified atom stereocenters. The van der Waals surface area contributed by atoms with Crippen molar-refractivity contribution in [2.45, 2.75) is 26.1 Å². The Hall–Kier alpha value is -5.69. The third kappa shape index (κ3) is 6.08. The molecule has 6 rings (SSSR count). The largest absolute Gasteiger partial charge is 0.507 e. The summed E-state index contributed by atoms with van der Waals surface area (Å²) in [6, 6.07) is 36.1. The quantitative estimate of drug-likeness (QED) is 0.111. The second kappa shape index (κ2) is 12.7. The van der Waals surface area contributed by atoms with E-state index in [1.165, 1.54) is 4.90 Å². The van der Waals surface area contributed by atoms with Crippen molar-refractivity contribution in [1.29, 1.82) is 0 Å². The predicted molar refractivity (Wildman–Crippen MR) is 167 cm³/mol. The average Bonchev–Trinajstić information content (AvgIpc) is 3.30. The topological polar surface area (TPSA) is 89.0 Å². The number of carbonyl (C=O) groups is 2. The number of aliphatic hydroxyl groups excluding tert-OH is 1. The highest BCUT2D eigenvalue weighted by Gasteiger charge is 2.46. The monoisotopic (exact) mass is 582 g/mol. The summed E-state index contributed by atoms with van der Waals surface area (Å²) in [6.45, 7) is 2.35. The summed E-state index contributed by atoms with van der Waals surface area (Å²) in [4.78, 5) is 32.9. The van der Waals surface area contributed by atoms with Crippen LogP contribution >= 0.6 is 0 Å². The first-order valence-electron chi connectivity index (χ1n) is 14.3. The Balaban J connectivity index is 1.38. The van der Waals surface area contributed by atoms with Gasteiger partial charge in [-0.15, -0.1) is 0 Å². The van der Waals surface area contributed by atoms with Crippen LogP contribution in [0.5, 0.6) is 17.2 Å². The number of Topliss-reactive ketones (excluding diaryl/α,β-unsaturated/α-hetero) is 1. The molecule has 4 aromatic carbocycles. The van der Waals surface area contributed by atoms with Gasteiger partial charge < -0.3 is 19.5 Å². The summed E-state index contributed by atoms with van der Waals surface area (Å²) in [5.74, 6) is 0.105. The molecule has 1 N–H and O–H groups in total. The zero-order chi connectivity index (χ0) is 30.5. The highest BCUT2D eigenvalue weighted by Crippen LogP contribution is 2.41. The first kappa shape index (κ1) is 28.4. The minimum atomic E-state index is -0.870. The van der Waals surface area contributed by atoms with E-state index in [0.717, 1.165) is 11.1 Å². The number of hydrogen-bond acceptors (Lipinski definition) is 6. The molecule has 44 heavy (non-hydrogen) atoms. The van der Waals surface area contributed by atoms with Crippen molar-refractivity contribution in [3.8, 4) is 17.2 Å². The number of benzene rings is 4. The smallest absolute Gasteiger partial charge is 0.296 e. The minimum absolute atomic E-state index is 0.000135. The van der Waals surface area contributed by atoms with E-state index in [9.17, 15) is 14.7 Å². The van der Waals surface area contributed by atoms with Gasteiger partial charge in [-0.25, -0.2) is 0 Å². The van der Waals surface area contributed by atoms with Crippen molar-refractivity contribution < 1.29 is 24.2 Å². The SMILES string of the molecule is Cc1cc(/C(O)=C2\C(=O)C(=O)N(Cc3ccccn3)C2c2cccc(Oc3ccccc3)c2)ccc1OCc1ccccc1. The van der Waals surface area contributed by atoms with Crippen LogP contribution in [-0.4, -0.2) is 26.7 Å². The van der Waals surface area contributed by atoms with Crippen LogP contribution in [0.1, 0.15) is 34.0 Å². The number of aryl methyl sites for hydroxylation is 1. The number of nitrogens with zero attached hydrogens (tertiary/aromatic N) is 2. The summed E-state index contributed by atoms with van der Waals surface area (Å²) in [5.41, 5.74) is 3.46. The molecule has 2 heterocycles. The normalized spacial score (nSPS) is 15.8. The fraction of sp³-hybridized carbons (Fsp3) is 0.108. The van der Waals surface area contributed by atoms with Crippen LogP contribution < -0.4 is 9.47 Å². The Bertz CT molecular complexity index is 1820. The van der Waals surface area contributed by atoms with Gasteiger partial charge in [0.05, 0.1) is 23.9 Å². The highest BCUT2D eigenvalue weighted by atomic mass is 16.5. The van der Waals surface area contributed by atoms with E-state index in [0.29, 0.717) is 40.7 Å². The number of carbonyl (C=O) groups excluding carboxylic acids is 2. The van der Waals surface area contributed by atoms with Gasteiger partial charge in [0.2, 0.25) is 0 Å². The maximum Gasteiger partial charge on any atom is 0.296 e. The molecule has 1 saturated heterocycles. The van der Waals surface area contributed by atoms with Crippen molar-refractivity contribution >= 4 is 17.4 Å². The third-order valence-electron chi connectivity index (χ3n) is 7.44. The second-order valence-corrected chi connectivity index (χ2v) is 10.5. The average molecular weight is 583 g/mol. The second-order valence-electron chi connectivity index (χ2n) is 10.5. The number of likely N-dealkylation sites (tertiary alicyclic amines) is 1. The lowest BCUT2D eigenvalue weighted by molar-refractivity contribution is -0.140. The van der Waals surface area contributed by atoms with E-state index in [4.69, 9.17) is 9.47 Å². The van der Waals surface area contributed by atoms with Gasteiger partial charge in [-0.2, -0.15) is 0 Å². The zero-order valence-electron chi connectivity index (χ0n) is 24.1. The standard InChI is InChI=1S/C37H30N2O5/c1-25-21-28(18-19-32(25)43-24-26-11-4-2-5-12-26)35(40)33-34(39(37(42)36(33)41)23-29-14-8-9-20-38-29)27-13-10-17-31(22-27)44-30-15-6-3-7-16-30/h2-22,34,40H,23-24H2,1H3/b35-33+. The molecular formula is C37H30N2O5. The maximum absolute atomic E-state index is 13.6. The number of aliphatic hydroxyl groups is 1. The summed E-state index contributed by atoms with van der Waals surface area (Å²) >= 11 is 0. The van der Waals surface area contributed by atoms with Crippen LogP contribution in [0, 0.1) is 6.92 Å². The number of amides is 1. The maximum atomic E-state index is 13.6. The van der Waals surface area contributed by atoms with Crippen LogP contribution in [0.25, 0.3) is 5.76 Å². The van der Waals surface area contributed by atoms with Crippen LogP contribution in [-0.2, 0) is 22.7 Å². The molecule has 1 aromatic heterocycles. The summed E-state index contributed by atoms with van der Waals surface area (Å²) < 4.78 is 12.1. The summed E-state index contributed by atoms with van der Waals surface area (Å²) in [6.07, 6.45) is 1.64. The van der Waals surface area contributed by atoms with Crippen LogP contribution in [0.15, 0.2) is 133 Å². The molecule has 1 atom stereocenters. The molecule has 7 nitrogen and oxygen atoms in total. The van der Waals surface area contributed by atoms with E-state index in [-0.39, 0.29) is 17.9 Å². The molecule has 1 amide bonds. The van der Waals surface area contributed by atoms with Gasteiger partial charge >= 0.3 is 0 Å². The fourth-order valence-electron chi connectivity index (χ4n) is 5.28. The number of ketones is 1. The fourth-order valence-corrected chi connectivity index (χ4v) is 5.28. The number of rotatable bonds is 9. The molecule has 0 bridgehead atoms. The van der Waals surface area contributed by atoms with Gasteiger partial charge in [0.15, 0.2) is 0 Å². The number of pyridine rings is 1. The molecule has 1 aliphatic heterocycles. The molecule has 5 aromatic rings. The summed E-state index contributed by atoms with van der Waals surface area (Å²) in [5, 5.41) is 11.6. The van der Waals surface area contributed by atoms with E-state index in [2.05, 4.69) is 4.98 Å². The Labute approximate surface area is 255 Å². The third-order valence-corrected chi connectivity index (χ3v) is 7.44. The molecule has 1 fully saturated rings. The Kier molecular flexibility index (Phi) is 8.19. The summed E-state index contributed by atoms with van der Waals surface area (Å²) in [7, 11) is 0. The van der Waals surface area contributed by atoms with Crippen LogP contribution in [0.4, 0.5) is 0 Å². The van der Waals surface area contributed by atoms with Gasteiger partial charge in [-0.1, -0.05) is 66.7 Å². The molecule has 0 saturated carbocycles. The molecule has 0 radical (unpaired) electrons. The lowest BCUT2D eigenvalue weighted by Gasteiger charge is -2.25. The number of aromatic nitrogens is 1. The zero-order valence-corrected chi connectivity index (χ0v) is 24.1. The number of para-hydroxylation sites is 1. The van der Waals surface area contributed by atoms with Crippen molar-refractivity contribution in [3.05, 3.63) is 161 Å². The Morgan fingerprint density at radius 2 is 1.55 bits per heavy atom. The van der Waals surface area contributed by atoms with Gasteiger partial charge in [-0.05, 0) is 78.2 Å². The van der Waals surface area contributed by atoms with E-state index in [1.54, 1.807) is 54.7 Å². The molecule has 218 valence electrons. The van der Waals surface area contributed by atoms with Gasteiger partial charge in [0.1, 0.15) is 29.6 Å². The van der Waals surface area contributed by atoms with E-state index < -0.39 is 17.7 Å². The van der Waals surface area contributed by atoms with E-state index >= 15 is 0 Å². The molecule has 7 heteroatoms. The number of hydrogen-bond donors (Lipinski definition) is 1. The van der Waals surface area contributed by atoms with Gasteiger partial charge in [0.25, 0.3) is 11.7 Å². The van der Waals surface area contributed by atoms with Gasteiger partial charge in [0, 0.05) is 11.8 Å². The predicted octanol–water partition coefficient (Wildman–Crippen LogP) is 7.38. The Morgan fingerprint density at radius 3 is 2.27 bits per heavy atom. The highest BCUT2D eigenvalue weighted by molar-refractivity contribution is 6.46. The lowest BCUT2D eigenvalue weighted by Crippen LogP contribution is -2.29. The Morgan fingerprint density at radius 1 is 0.818 bits per heavy atom. The molecule has 1 aliphatic rings.